The lowest BCUT2D eigenvalue weighted by Crippen LogP contribution is -2.03. The van der Waals surface area contributed by atoms with E-state index in [1.807, 2.05) is 36.4 Å². The molecule has 136 valence electrons. The molecule has 4 aromatic carbocycles. The molecule has 0 saturated heterocycles. The summed E-state index contributed by atoms with van der Waals surface area (Å²) in [7, 11) is 0. The van der Waals surface area contributed by atoms with Crippen molar-refractivity contribution in [1.29, 1.82) is 0 Å². The minimum Gasteiger partial charge on any atom is -0.478 e. The lowest BCUT2D eigenvalue weighted by molar-refractivity contribution is 0.0686. The van der Waals surface area contributed by atoms with E-state index in [1.165, 1.54) is 0 Å². The van der Waals surface area contributed by atoms with Gasteiger partial charge >= 0.3 is 11.9 Å². The van der Waals surface area contributed by atoms with E-state index in [-0.39, 0.29) is 11.1 Å². The summed E-state index contributed by atoms with van der Waals surface area (Å²) in [5, 5.41) is 21.2. The van der Waals surface area contributed by atoms with Crippen LogP contribution in [0.3, 0.4) is 0 Å². The molecule has 4 nitrogen and oxygen atoms in total. The zero-order valence-corrected chi connectivity index (χ0v) is 14.8. The van der Waals surface area contributed by atoms with E-state index in [0.29, 0.717) is 22.3 Å². The van der Waals surface area contributed by atoms with Gasteiger partial charge in [-0.25, -0.2) is 9.59 Å². The van der Waals surface area contributed by atoms with Gasteiger partial charge in [0, 0.05) is 0 Å². The normalized spacial score (nSPS) is 10.7. The van der Waals surface area contributed by atoms with Gasteiger partial charge in [0.1, 0.15) is 0 Å². The molecule has 0 aliphatic carbocycles. The summed E-state index contributed by atoms with van der Waals surface area (Å²) in [5.41, 5.74) is 2.85. The van der Waals surface area contributed by atoms with Gasteiger partial charge in [-0.05, 0) is 45.2 Å². The van der Waals surface area contributed by atoms with E-state index in [2.05, 4.69) is 0 Å². The Hall–Kier alpha value is -3.92. The van der Waals surface area contributed by atoms with E-state index in [4.69, 9.17) is 0 Å². The predicted octanol–water partition coefficient (Wildman–Crippen LogP) is 5.57. The fourth-order valence-corrected chi connectivity index (χ4v) is 3.58. The molecule has 0 amide bonds. The fourth-order valence-electron chi connectivity index (χ4n) is 3.58. The standard InChI is InChI=1S/C24H16O4/c25-23(26)20-11-5-3-9-17(20)19-14-13-15-7-1-2-8-16(15)22(19)18-10-4-6-12-21(18)24(27)28/h1-14H,(H,25,26)(H,27,28). The number of fused-ring (bicyclic) bond motifs is 1. The number of carboxylic acid groups (broad SMARTS) is 2. The third kappa shape index (κ3) is 2.91. The summed E-state index contributed by atoms with van der Waals surface area (Å²) in [5.74, 6) is -2.05. The zero-order valence-electron chi connectivity index (χ0n) is 14.8. The molecule has 4 aromatic rings. The van der Waals surface area contributed by atoms with Gasteiger partial charge in [0.2, 0.25) is 0 Å². The second-order valence-electron chi connectivity index (χ2n) is 6.41. The molecule has 0 heterocycles. The summed E-state index contributed by atoms with van der Waals surface area (Å²) in [6.07, 6.45) is 0. The second kappa shape index (κ2) is 7.00. The SMILES string of the molecule is O=C(O)c1ccccc1-c1ccc2ccccc2c1-c1ccccc1C(=O)O. The predicted molar refractivity (Wildman–Crippen MR) is 109 cm³/mol. The van der Waals surface area contributed by atoms with E-state index in [9.17, 15) is 19.8 Å². The van der Waals surface area contributed by atoms with Crippen LogP contribution in [0.25, 0.3) is 33.0 Å². The first-order valence-corrected chi connectivity index (χ1v) is 8.75. The summed E-state index contributed by atoms with van der Waals surface area (Å²) in [6, 6.07) is 25.0. The Morgan fingerprint density at radius 1 is 0.536 bits per heavy atom. The molecule has 0 unspecified atom stereocenters. The Morgan fingerprint density at radius 3 is 1.75 bits per heavy atom. The zero-order chi connectivity index (χ0) is 19.7. The van der Waals surface area contributed by atoms with Crippen LogP contribution in [0.15, 0.2) is 84.9 Å². The van der Waals surface area contributed by atoms with Gasteiger partial charge in [-0.15, -0.1) is 0 Å². The number of carbonyl (C=O) groups is 2. The molecular formula is C24H16O4. The lowest BCUT2D eigenvalue weighted by Gasteiger charge is -2.17. The molecule has 4 rings (SSSR count). The van der Waals surface area contributed by atoms with E-state index < -0.39 is 11.9 Å². The van der Waals surface area contributed by atoms with Gasteiger partial charge < -0.3 is 10.2 Å². The van der Waals surface area contributed by atoms with Gasteiger partial charge in [-0.3, -0.25) is 0 Å². The van der Waals surface area contributed by atoms with Gasteiger partial charge in [-0.1, -0.05) is 72.8 Å². The van der Waals surface area contributed by atoms with Crippen LogP contribution in [0.4, 0.5) is 0 Å². The van der Waals surface area contributed by atoms with Crippen molar-refractivity contribution in [1.82, 2.24) is 0 Å². The molecule has 0 bridgehead atoms. The van der Waals surface area contributed by atoms with Crippen molar-refractivity contribution in [2.24, 2.45) is 0 Å². The minimum absolute atomic E-state index is 0.173. The highest BCUT2D eigenvalue weighted by atomic mass is 16.4. The topological polar surface area (TPSA) is 74.6 Å². The maximum absolute atomic E-state index is 11.9. The minimum atomic E-state index is -1.03. The number of carboxylic acids is 2. The number of hydrogen-bond donors (Lipinski definition) is 2. The van der Waals surface area contributed by atoms with Crippen molar-refractivity contribution >= 4 is 22.7 Å². The molecule has 0 spiro atoms. The summed E-state index contributed by atoms with van der Waals surface area (Å²) in [4.78, 5) is 23.6. The molecule has 0 fully saturated rings. The average Bonchev–Trinajstić information content (AvgIpc) is 2.72. The molecule has 0 saturated carbocycles. The van der Waals surface area contributed by atoms with Crippen molar-refractivity contribution in [3.63, 3.8) is 0 Å². The van der Waals surface area contributed by atoms with Crippen LogP contribution in [0.5, 0.6) is 0 Å². The molecular weight excluding hydrogens is 352 g/mol. The Balaban J connectivity index is 2.16. The van der Waals surface area contributed by atoms with Crippen LogP contribution >= 0.6 is 0 Å². The summed E-state index contributed by atoms with van der Waals surface area (Å²) >= 11 is 0. The average molecular weight is 368 g/mol. The van der Waals surface area contributed by atoms with E-state index >= 15 is 0 Å². The smallest absolute Gasteiger partial charge is 0.336 e. The quantitative estimate of drug-likeness (QED) is 0.494. The number of rotatable bonds is 4. The second-order valence-corrected chi connectivity index (χ2v) is 6.41. The number of hydrogen-bond acceptors (Lipinski definition) is 2. The molecule has 4 heteroatoms. The molecule has 28 heavy (non-hydrogen) atoms. The third-order valence-corrected chi connectivity index (χ3v) is 4.80. The Morgan fingerprint density at radius 2 is 1.07 bits per heavy atom. The van der Waals surface area contributed by atoms with E-state index in [0.717, 1.165) is 10.8 Å². The highest BCUT2D eigenvalue weighted by molar-refractivity contribution is 6.10. The molecule has 0 atom stereocenters. The van der Waals surface area contributed by atoms with Crippen molar-refractivity contribution in [2.75, 3.05) is 0 Å². The van der Waals surface area contributed by atoms with Crippen LogP contribution in [-0.4, -0.2) is 22.2 Å². The Labute approximate surface area is 161 Å². The first-order valence-electron chi connectivity index (χ1n) is 8.75. The van der Waals surface area contributed by atoms with Crippen LogP contribution in [0, 0.1) is 0 Å². The first-order chi connectivity index (χ1) is 13.6. The van der Waals surface area contributed by atoms with Crippen LogP contribution in [0.1, 0.15) is 20.7 Å². The van der Waals surface area contributed by atoms with Crippen LogP contribution < -0.4 is 0 Å². The third-order valence-electron chi connectivity index (χ3n) is 4.80. The van der Waals surface area contributed by atoms with Gasteiger partial charge in [0.05, 0.1) is 11.1 Å². The lowest BCUT2D eigenvalue weighted by atomic mass is 9.86. The van der Waals surface area contributed by atoms with Crippen molar-refractivity contribution in [3.8, 4) is 22.3 Å². The highest BCUT2D eigenvalue weighted by Gasteiger charge is 2.20. The fraction of sp³-hybridized carbons (Fsp3) is 0. The summed E-state index contributed by atoms with van der Waals surface area (Å²) < 4.78 is 0. The van der Waals surface area contributed by atoms with Crippen LogP contribution in [0.2, 0.25) is 0 Å². The Kier molecular flexibility index (Phi) is 4.38. The number of aromatic carboxylic acids is 2. The van der Waals surface area contributed by atoms with Crippen LogP contribution in [-0.2, 0) is 0 Å². The van der Waals surface area contributed by atoms with Crippen molar-refractivity contribution in [2.45, 2.75) is 0 Å². The molecule has 0 aliphatic rings. The summed E-state index contributed by atoms with van der Waals surface area (Å²) in [6.45, 7) is 0. The van der Waals surface area contributed by atoms with Gasteiger partial charge in [0.15, 0.2) is 0 Å². The van der Waals surface area contributed by atoms with Gasteiger partial charge in [0.25, 0.3) is 0 Å². The molecule has 2 N–H and O–H groups in total. The molecule has 0 aromatic heterocycles. The van der Waals surface area contributed by atoms with E-state index in [1.54, 1.807) is 48.5 Å². The van der Waals surface area contributed by atoms with Crippen molar-refractivity contribution in [3.05, 3.63) is 96.1 Å². The number of benzene rings is 4. The van der Waals surface area contributed by atoms with Crippen molar-refractivity contribution < 1.29 is 19.8 Å². The maximum Gasteiger partial charge on any atom is 0.336 e. The molecule has 0 radical (unpaired) electrons. The van der Waals surface area contributed by atoms with Gasteiger partial charge in [-0.2, -0.15) is 0 Å². The monoisotopic (exact) mass is 368 g/mol. The maximum atomic E-state index is 11.9. The highest BCUT2D eigenvalue weighted by Crippen LogP contribution is 2.40. The Bertz CT molecular complexity index is 1220. The first kappa shape index (κ1) is 17.5. The largest absolute Gasteiger partial charge is 0.478 e. The molecule has 0 aliphatic heterocycles.